The summed E-state index contributed by atoms with van der Waals surface area (Å²) in [5.74, 6) is 2.83. The summed E-state index contributed by atoms with van der Waals surface area (Å²) in [5.41, 5.74) is 2.01. The van der Waals surface area contributed by atoms with Crippen molar-refractivity contribution >= 4 is 11.8 Å². The van der Waals surface area contributed by atoms with Gasteiger partial charge in [-0.3, -0.25) is 4.90 Å². The molecule has 6 heteroatoms. The number of nitrogens with zero attached hydrogens (tertiary/aromatic N) is 1. The molecule has 0 amide bonds. The maximum absolute atomic E-state index is 10.0. The van der Waals surface area contributed by atoms with Crippen LogP contribution in [0.1, 0.15) is 35.8 Å². The average molecular weight is 464 g/mol. The Labute approximate surface area is 199 Å². The predicted octanol–water partition coefficient (Wildman–Crippen LogP) is 5.79. The number of hydrogen-bond donors (Lipinski definition) is 2. The van der Waals surface area contributed by atoms with Gasteiger partial charge in [0.25, 0.3) is 0 Å². The number of hydrogen-bond acceptors (Lipinski definition) is 6. The van der Waals surface area contributed by atoms with Crippen molar-refractivity contribution in [2.24, 2.45) is 5.92 Å². The zero-order valence-corrected chi connectivity index (χ0v) is 19.5. The fourth-order valence-electron chi connectivity index (χ4n) is 4.55. The highest BCUT2D eigenvalue weighted by molar-refractivity contribution is 7.99. The van der Waals surface area contributed by atoms with E-state index >= 15 is 0 Å². The SMILES string of the molecule is C[C@@H]1CCN(CCOc2ccc([C@@H]3Oc4ccc(O)cc4S[C@@H]3c3cccc(O)c3)cc2)C1. The number of aromatic hydroxyl groups is 2. The summed E-state index contributed by atoms with van der Waals surface area (Å²) in [6.45, 7) is 6.27. The number of ether oxygens (including phenoxy) is 2. The minimum Gasteiger partial charge on any atom is -0.508 e. The molecule has 0 spiro atoms. The summed E-state index contributed by atoms with van der Waals surface area (Å²) in [6.07, 6.45) is 1.03. The van der Waals surface area contributed by atoms with Crippen molar-refractivity contribution in [2.45, 2.75) is 29.6 Å². The predicted molar refractivity (Wildman–Crippen MR) is 130 cm³/mol. The Morgan fingerprint density at radius 1 is 1.00 bits per heavy atom. The third-order valence-corrected chi connectivity index (χ3v) is 7.65. The molecule has 172 valence electrons. The van der Waals surface area contributed by atoms with Gasteiger partial charge in [-0.25, -0.2) is 0 Å². The largest absolute Gasteiger partial charge is 0.508 e. The minimum absolute atomic E-state index is 0.0738. The van der Waals surface area contributed by atoms with Crippen LogP contribution in [0.3, 0.4) is 0 Å². The molecule has 3 aromatic rings. The Balaban J connectivity index is 1.33. The van der Waals surface area contributed by atoms with Crippen LogP contribution in [0.2, 0.25) is 0 Å². The lowest BCUT2D eigenvalue weighted by atomic mass is 10.00. The van der Waals surface area contributed by atoms with E-state index in [1.807, 2.05) is 24.3 Å². The summed E-state index contributed by atoms with van der Waals surface area (Å²) >= 11 is 1.64. The quantitative estimate of drug-likeness (QED) is 0.483. The average Bonchev–Trinajstić information content (AvgIpc) is 3.23. The Morgan fingerprint density at radius 3 is 2.58 bits per heavy atom. The van der Waals surface area contributed by atoms with Crippen LogP contribution in [0.25, 0.3) is 0 Å². The summed E-state index contributed by atoms with van der Waals surface area (Å²) in [6, 6.07) is 20.6. The van der Waals surface area contributed by atoms with Gasteiger partial charge >= 0.3 is 0 Å². The van der Waals surface area contributed by atoms with Gasteiger partial charge in [0.15, 0.2) is 0 Å². The van der Waals surface area contributed by atoms with E-state index in [0.717, 1.165) is 53.1 Å². The molecule has 0 bridgehead atoms. The molecule has 1 saturated heterocycles. The van der Waals surface area contributed by atoms with Gasteiger partial charge in [0.1, 0.15) is 35.7 Å². The van der Waals surface area contributed by atoms with Gasteiger partial charge in [0.05, 0.1) is 10.1 Å². The molecule has 0 radical (unpaired) electrons. The summed E-state index contributed by atoms with van der Waals surface area (Å²) in [5, 5.41) is 19.9. The van der Waals surface area contributed by atoms with Gasteiger partial charge < -0.3 is 19.7 Å². The van der Waals surface area contributed by atoms with E-state index in [2.05, 4.69) is 24.0 Å². The lowest BCUT2D eigenvalue weighted by molar-refractivity contribution is 0.190. The number of thioether (sulfide) groups is 1. The van der Waals surface area contributed by atoms with E-state index in [4.69, 9.17) is 9.47 Å². The van der Waals surface area contributed by atoms with E-state index in [-0.39, 0.29) is 22.9 Å². The monoisotopic (exact) mass is 463 g/mol. The van der Waals surface area contributed by atoms with Crippen LogP contribution >= 0.6 is 11.8 Å². The molecule has 0 aromatic heterocycles. The molecule has 2 N–H and O–H groups in total. The zero-order chi connectivity index (χ0) is 22.8. The molecule has 3 aromatic carbocycles. The number of phenolic OH excluding ortho intramolecular Hbond substituents is 2. The topological polar surface area (TPSA) is 62.2 Å². The second-order valence-electron chi connectivity index (χ2n) is 8.91. The molecule has 1 fully saturated rings. The van der Waals surface area contributed by atoms with Crippen LogP contribution in [0.15, 0.2) is 71.6 Å². The molecule has 2 aliphatic heterocycles. The van der Waals surface area contributed by atoms with Crippen LogP contribution < -0.4 is 9.47 Å². The highest BCUT2D eigenvalue weighted by atomic mass is 32.2. The normalized spacial score (nSPS) is 22.5. The van der Waals surface area contributed by atoms with Crippen LogP contribution in [0, 0.1) is 5.92 Å². The van der Waals surface area contributed by atoms with Crippen molar-refractivity contribution in [1.82, 2.24) is 4.90 Å². The van der Waals surface area contributed by atoms with E-state index < -0.39 is 0 Å². The van der Waals surface area contributed by atoms with Gasteiger partial charge in [0, 0.05) is 13.1 Å². The van der Waals surface area contributed by atoms with Crippen molar-refractivity contribution in [2.75, 3.05) is 26.2 Å². The molecule has 2 aliphatic rings. The van der Waals surface area contributed by atoms with Crippen LogP contribution in [0.4, 0.5) is 0 Å². The maximum Gasteiger partial charge on any atom is 0.140 e. The lowest BCUT2D eigenvalue weighted by Gasteiger charge is -2.34. The summed E-state index contributed by atoms with van der Waals surface area (Å²) in [4.78, 5) is 3.34. The van der Waals surface area contributed by atoms with Crippen molar-refractivity contribution in [3.8, 4) is 23.0 Å². The van der Waals surface area contributed by atoms with Crippen molar-refractivity contribution in [3.63, 3.8) is 0 Å². The highest BCUT2D eigenvalue weighted by Gasteiger charge is 2.34. The molecule has 0 unspecified atom stereocenters. The number of phenols is 2. The third-order valence-electron chi connectivity index (χ3n) is 6.30. The van der Waals surface area contributed by atoms with E-state index in [9.17, 15) is 10.2 Å². The minimum atomic E-state index is -0.242. The Hall–Kier alpha value is -2.83. The zero-order valence-electron chi connectivity index (χ0n) is 18.7. The molecule has 0 saturated carbocycles. The van der Waals surface area contributed by atoms with Crippen LogP contribution in [-0.2, 0) is 0 Å². The standard InChI is InChI=1S/C27H29NO4S/c1-18-11-12-28(17-18)13-14-31-23-8-5-19(6-9-23)26-27(20-3-2-4-21(29)15-20)33-25-16-22(30)7-10-24(25)32-26/h2-10,15-16,18,26-27,29-30H,11-14,17H2,1H3/t18-,26+,27-/m1/s1. The molecular formula is C27H29NO4S. The van der Waals surface area contributed by atoms with Gasteiger partial charge in [-0.1, -0.05) is 31.2 Å². The van der Waals surface area contributed by atoms with Crippen LogP contribution in [0.5, 0.6) is 23.0 Å². The van der Waals surface area contributed by atoms with Gasteiger partial charge in [-0.15, -0.1) is 11.8 Å². The molecule has 5 nitrogen and oxygen atoms in total. The molecule has 3 atom stereocenters. The number of benzene rings is 3. The lowest BCUT2D eigenvalue weighted by Crippen LogP contribution is -2.25. The molecular weight excluding hydrogens is 434 g/mol. The summed E-state index contributed by atoms with van der Waals surface area (Å²) in [7, 11) is 0. The molecule has 0 aliphatic carbocycles. The van der Waals surface area contributed by atoms with Gasteiger partial charge in [-0.05, 0) is 72.5 Å². The number of rotatable bonds is 6. The maximum atomic E-state index is 10.0. The Morgan fingerprint density at radius 2 is 1.82 bits per heavy atom. The molecule has 33 heavy (non-hydrogen) atoms. The van der Waals surface area contributed by atoms with Crippen LogP contribution in [-0.4, -0.2) is 41.4 Å². The first-order valence-electron chi connectivity index (χ1n) is 11.5. The van der Waals surface area contributed by atoms with Gasteiger partial charge in [-0.2, -0.15) is 0 Å². The Bertz CT molecular complexity index is 1100. The van der Waals surface area contributed by atoms with Crippen molar-refractivity contribution in [3.05, 3.63) is 77.9 Å². The van der Waals surface area contributed by atoms with E-state index in [0.29, 0.717) is 6.61 Å². The fourth-order valence-corrected chi connectivity index (χ4v) is 5.86. The molecule has 5 rings (SSSR count). The second kappa shape index (κ2) is 9.57. The third kappa shape index (κ3) is 5.07. The van der Waals surface area contributed by atoms with Crippen molar-refractivity contribution < 1.29 is 19.7 Å². The smallest absolute Gasteiger partial charge is 0.140 e. The summed E-state index contributed by atoms with van der Waals surface area (Å²) < 4.78 is 12.4. The van der Waals surface area contributed by atoms with E-state index in [1.54, 1.807) is 42.1 Å². The molecule has 2 heterocycles. The fraction of sp³-hybridized carbons (Fsp3) is 0.333. The number of likely N-dealkylation sites (tertiary alicyclic amines) is 1. The van der Waals surface area contributed by atoms with Crippen molar-refractivity contribution in [1.29, 1.82) is 0 Å². The Kier molecular flexibility index (Phi) is 6.38. The second-order valence-corrected chi connectivity index (χ2v) is 10.1. The highest BCUT2D eigenvalue weighted by Crippen LogP contribution is 2.54. The first kappa shape index (κ1) is 22.0. The first-order valence-corrected chi connectivity index (χ1v) is 12.3. The van der Waals surface area contributed by atoms with E-state index in [1.165, 1.54) is 6.42 Å². The van der Waals surface area contributed by atoms with Gasteiger partial charge in [0.2, 0.25) is 0 Å². The first-order chi connectivity index (χ1) is 16.0. The number of fused-ring (bicyclic) bond motifs is 1.